The van der Waals surface area contributed by atoms with Gasteiger partial charge in [-0.15, -0.1) is 11.3 Å². The van der Waals surface area contributed by atoms with Crippen LogP contribution in [0, 0.1) is 0 Å². The normalized spacial score (nSPS) is 11.0. The molecule has 2 aromatic heterocycles. The zero-order chi connectivity index (χ0) is 15.7. The Morgan fingerprint density at radius 2 is 2.27 bits per heavy atom. The third-order valence-corrected chi connectivity index (χ3v) is 4.37. The van der Waals surface area contributed by atoms with Crippen LogP contribution in [0.1, 0.15) is 11.8 Å². The van der Waals surface area contributed by atoms with E-state index in [0.29, 0.717) is 11.6 Å². The van der Waals surface area contributed by atoms with Crippen molar-refractivity contribution in [1.82, 2.24) is 9.38 Å². The first kappa shape index (κ1) is 14.9. The van der Waals surface area contributed by atoms with Gasteiger partial charge in [0.15, 0.2) is 4.96 Å². The lowest BCUT2D eigenvalue weighted by molar-refractivity contribution is -0.136. The lowest BCUT2D eigenvalue weighted by Crippen LogP contribution is -1.97. The number of aliphatic carboxylic acids is 1. The maximum atomic E-state index is 10.7. The van der Waals surface area contributed by atoms with E-state index >= 15 is 0 Å². The summed E-state index contributed by atoms with van der Waals surface area (Å²) < 4.78 is 7.24. The first-order chi connectivity index (χ1) is 10.6. The van der Waals surface area contributed by atoms with Gasteiger partial charge in [-0.1, -0.05) is 11.6 Å². The first-order valence-corrected chi connectivity index (χ1v) is 7.88. The van der Waals surface area contributed by atoms with Crippen LogP contribution >= 0.6 is 22.9 Å². The summed E-state index contributed by atoms with van der Waals surface area (Å²) in [4.78, 5) is 16.8. The monoisotopic (exact) mass is 336 g/mol. The van der Waals surface area contributed by atoms with E-state index in [1.807, 2.05) is 29.7 Å². The first-order valence-electron chi connectivity index (χ1n) is 6.68. The fourth-order valence-electron chi connectivity index (χ4n) is 2.16. The number of ether oxygens (including phenoxy) is 1. The molecule has 3 aromatic rings. The van der Waals surface area contributed by atoms with Crippen molar-refractivity contribution < 1.29 is 14.6 Å². The van der Waals surface area contributed by atoms with Crippen LogP contribution in [-0.2, 0) is 11.2 Å². The standard InChI is InChI=1S/C15H13ClN2O3S/c1-2-21-9-3-4-11(12(16)5-9)13-8-18-7-10(6-14(19)20)22-15(18)17-13/h3-5,7-8H,2,6H2,1H3,(H,19,20). The van der Waals surface area contributed by atoms with Crippen molar-refractivity contribution in [3.05, 3.63) is 40.5 Å². The largest absolute Gasteiger partial charge is 0.494 e. The molecule has 0 fully saturated rings. The smallest absolute Gasteiger partial charge is 0.308 e. The minimum Gasteiger partial charge on any atom is -0.494 e. The minimum atomic E-state index is -0.848. The van der Waals surface area contributed by atoms with Gasteiger partial charge in [-0.2, -0.15) is 0 Å². The Bertz CT molecular complexity index is 809. The Morgan fingerprint density at radius 1 is 1.45 bits per heavy atom. The molecule has 0 aliphatic heterocycles. The number of halogens is 1. The average molecular weight is 337 g/mol. The molecule has 22 heavy (non-hydrogen) atoms. The highest BCUT2D eigenvalue weighted by molar-refractivity contribution is 7.17. The number of rotatable bonds is 5. The van der Waals surface area contributed by atoms with E-state index in [4.69, 9.17) is 21.4 Å². The zero-order valence-electron chi connectivity index (χ0n) is 11.7. The molecule has 0 aliphatic carbocycles. The molecule has 1 aromatic carbocycles. The number of carbonyl (C=O) groups is 1. The Morgan fingerprint density at radius 3 is 2.91 bits per heavy atom. The summed E-state index contributed by atoms with van der Waals surface area (Å²) in [7, 11) is 0. The van der Waals surface area contributed by atoms with E-state index in [1.54, 1.807) is 12.3 Å². The van der Waals surface area contributed by atoms with Gasteiger partial charge in [0.25, 0.3) is 0 Å². The second kappa shape index (κ2) is 5.98. The number of benzene rings is 1. The molecule has 1 N–H and O–H groups in total. The van der Waals surface area contributed by atoms with Crippen LogP contribution in [0.2, 0.25) is 5.02 Å². The topological polar surface area (TPSA) is 63.8 Å². The summed E-state index contributed by atoms with van der Waals surface area (Å²) in [5, 5.41) is 9.39. The number of hydrogen-bond donors (Lipinski definition) is 1. The molecule has 5 nitrogen and oxygen atoms in total. The number of imidazole rings is 1. The zero-order valence-corrected chi connectivity index (χ0v) is 13.3. The molecule has 3 rings (SSSR count). The number of nitrogens with zero attached hydrogens (tertiary/aromatic N) is 2. The Hall–Kier alpha value is -2.05. The summed E-state index contributed by atoms with van der Waals surface area (Å²) in [5.74, 6) is -0.125. The lowest BCUT2D eigenvalue weighted by atomic mass is 10.1. The maximum Gasteiger partial charge on any atom is 0.308 e. The fraction of sp³-hybridized carbons (Fsp3) is 0.200. The molecule has 7 heteroatoms. The van der Waals surface area contributed by atoms with Crippen molar-refractivity contribution in [2.45, 2.75) is 13.3 Å². The highest BCUT2D eigenvalue weighted by atomic mass is 35.5. The van der Waals surface area contributed by atoms with Crippen molar-refractivity contribution in [3.63, 3.8) is 0 Å². The van der Waals surface area contributed by atoms with Gasteiger partial charge in [0.1, 0.15) is 5.75 Å². The molecule has 0 saturated carbocycles. The van der Waals surface area contributed by atoms with Crippen molar-refractivity contribution in [2.24, 2.45) is 0 Å². The van der Waals surface area contributed by atoms with E-state index in [9.17, 15) is 4.79 Å². The molecule has 0 unspecified atom stereocenters. The van der Waals surface area contributed by atoms with Crippen LogP contribution in [0.5, 0.6) is 5.75 Å². The number of fused-ring (bicyclic) bond motifs is 1. The predicted octanol–water partition coefficient (Wildman–Crippen LogP) is 3.74. The Kier molecular flexibility index (Phi) is 4.04. The minimum absolute atomic E-state index is 0.00711. The summed E-state index contributed by atoms with van der Waals surface area (Å²) in [6.07, 6.45) is 3.64. The van der Waals surface area contributed by atoms with Gasteiger partial charge in [0.05, 0.1) is 23.7 Å². The van der Waals surface area contributed by atoms with E-state index in [0.717, 1.165) is 26.8 Å². The Balaban J connectivity index is 1.93. The van der Waals surface area contributed by atoms with E-state index in [1.165, 1.54) is 11.3 Å². The number of aromatic nitrogens is 2. The van der Waals surface area contributed by atoms with E-state index in [2.05, 4.69) is 4.98 Å². The maximum absolute atomic E-state index is 10.7. The summed E-state index contributed by atoms with van der Waals surface area (Å²) in [6, 6.07) is 5.50. The molecule has 0 bridgehead atoms. The van der Waals surface area contributed by atoms with Crippen molar-refractivity contribution in [3.8, 4) is 17.0 Å². The number of carboxylic acid groups (broad SMARTS) is 1. The summed E-state index contributed by atoms with van der Waals surface area (Å²) in [5.41, 5.74) is 1.57. The molecule has 0 radical (unpaired) electrons. The molecule has 0 spiro atoms. The van der Waals surface area contributed by atoms with Gasteiger partial charge in [0, 0.05) is 22.8 Å². The SMILES string of the molecule is CCOc1ccc(-c2cn3cc(CC(=O)O)sc3n2)c(Cl)c1. The Labute approximate surface area is 135 Å². The van der Waals surface area contributed by atoms with E-state index in [-0.39, 0.29) is 6.42 Å². The van der Waals surface area contributed by atoms with Crippen molar-refractivity contribution in [1.29, 1.82) is 0 Å². The van der Waals surface area contributed by atoms with Crippen LogP contribution in [0.15, 0.2) is 30.6 Å². The van der Waals surface area contributed by atoms with Crippen molar-refractivity contribution in [2.75, 3.05) is 6.61 Å². The predicted molar refractivity (Wildman–Crippen MR) is 86.0 cm³/mol. The third kappa shape index (κ3) is 2.93. The van der Waals surface area contributed by atoms with Crippen LogP contribution < -0.4 is 4.74 Å². The molecule has 0 saturated heterocycles. The summed E-state index contributed by atoms with van der Waals surface area (Å²) in [6.45, 7) is 2.50. The third-order valence-electron chi connectivity index (χ3n) is 3.06. The van der Waals surface area contributed by atoms with Gasteiger partial charge < -0.3 is 9.84 Å². The van der Waals surface area contributed by atoms with Gasteiger partial charge in [-0.05, 0) is 25.1 Å². The molecular weight excluding hydrogens is 324 g/mol. The molecule has 2 heterocycles. The number of thiazole rings is 1. The highest BCUT2D eigenvalue weighted by Gasteiger charge is 2.12. The number of hydrogen-bond acceptors (Lipinski definition) is 4. The van der Waals surface area contributed by atoms with Crippen LogP contribution in [0.3, 0.4) is 0 Å². The molecule has 114 valence electrons. The van der Waals surface area contributed by atoms with Gasteiger partial charge >= 0.3 is 5.97 Å². The second-order valence-electron chi connectivity index (χ2n) is 4.66. The highest BCUT2D eigenvalue weighted by Crippen LogP contribution is 2.32. The van der Waals surface area contributed by atoms with Crippen LogP contribution in [0.25, 0.3) is 16.2 Å². The molecule has 0 atom stereocenters. The summed E-state index contributed by atoms with van der Waals surface area (Å²) >= 11 is 7.65. The van der Waals surface area contributed by atoms with Crippen LogP contribution in [-0.4, -0.2) is 27.1 Å². The van der Waals surface area contributed by atoms with Gasteiger partial charge in [-0.25, -0.2) is 4.98 Å². The average Bonchev–Trinajstić information content (AvgIpc) is 2.96. The quantitative estimate of drug-likeness (QED) is 0.770. The van der Waals surface area contributed by atoms with Crippen molar-refractivity contribution >= 4 is 33.9 Å². The van der Waals surface area contributed by atoms with E-state index < -0.39 is 5.97 Å². The molecule has 0 aliphatic rings. The van der Waals surface area contributed by atoms with Gasteiger partial charge in [0.2, 0.25) is 0 Å². The number of carboxylic acids is 1. The van der Waals surface area contributed by atoms with Gasteiger partial charge in [-0.3, -0.25) is 9.20 Å². The second-order valence-corrected chi connectivity index (χ2v) is 6.16. The molecular formula is C15H13ClN2O3S. The van der Waals surface area contributed by atoms with Crippen LogP contribution in [0.4, 0.5) is 0 Å². The lowest BCUT2D eigenvalue weighted by Gasteiger charge is -2.05. The fourth-order valence-corrected chi connectivity index (χ4v) is 3.38. The molecule has 0 amide bonds.